The van der Waals surface area contributed by atoms with Crippen molar-refractivity contribution in [1.29, 1.82) is 0 Å². The van der Waals surface area contributed by atoms with E-state index >= 15 is 0 Å². The third kappa shape index (κ3) is 5.24. The second-order valence-electron chi connectivity index (χ2n) is 7.31. The van der Waals surface area contributed by atoms with Crippen molar-refractivity contribution in [2.45, 2.75) is 6.04 Å². The van der Waals surface area contributed by atoms with Gasteiger partial charge in [0.2, 0.25) is 0 Å². The summed E-state index contributed by atoms with van der Waals surface area (Å²) in [6.07, 6.45) is 0. The summed E-state index contributed by atoms with van der Waals surface area (Å²) in [5.41, 5.74) is 0.267. The first-order valence-corrected chi connectivity index (χ1v) is 10.1. The highest BCUT2D eigenvalue weighted by Crippen LogP contribution is 2.25. The van der Waals surface area contributed by atoms with Crippen molar-refractivity contribution in [1.82, 2.24) is 5.32 Å². The van der Waals surface area contributed by atoms with Crippen LogP contribution in [-0.4, -0.2) is 24.2 Å². The molecule has 1 amide bonds. The smallest absolute Gasteiger partial charge is 0.344 e. The Hall–Kier alpha value is -4.04. The monoisotopic (exact) mass is 451 g/mol. The van der Waals surface area contributed by atoms with Gasteiger partial charge in [-0.05, 0) is 41.5 Å². The van der Waals surface area contributed by atoms with Crippen LogP contribution in [-0.2, 0) is 4.79 Å². The summed E-state index contributed by atoms with van der Waals surface area (Å²) < 4.78 is 37.8. The molecule has 0 unspecified atom stereocenters. The van der Waals surface area contributed by atoms with Crippen molar-refractivity contribution >= 4 is 16.9 Å². The summed E-state index contributed by atoms with van der Waals surface area (Å²) in [5.74, 6) is -1.77. The zero-order valence-electron chi connectivity index (χ0n) is 17.3. The molecule has 0 saturated carbocycles. The SMILES string of the molecule is O=C(COc1ccc2cc(-c3cc(F)cc(F)c3)c(=O)oc2c1)N[C@@H](CO)c1ccccc1. The maximum Gasteiger partial charge on any atom is 0.344 e. The Morgan fingerprint density at radius 1 is 1.00 bits per heavy atom. The van der Waals surface area contributed by atoms with Crippen LogP contribution in [0.25, 0.3) is 22.1 Å². The minimum Gasteiger partial charge on any atom is -0.484 e. The molecule has 168 valence electrons. The molecule has 0 saturated heterocycles. The van der Waals surface area contributed by atoms with Crippen LogP contribution in [0.4, 0.5) is 8.78 Å². The molecule has 2 N–H and O–H groups in total. The van der Waals surface area contributed by atoms with Gasteiger partial charge in [0.05, 0.1) is 18.2 Å². The minimum absolute atomic E-state index is 0.0184. The van der Waals surface area contributed by atoms with Crippen molar-refractivity contribution in [2.75, 3.05) is 13.2 Å². The maximum atomic E-state index is 13.5. The number of hydrogen-bond donors (Lipinski definition) is 2. The lowest BCUT2D eigenvalue weighted by atomic mass is 10.1. The van der Waals surface area contributed by atoms with Crippen LogP contribution in [0.1, 0.15) is 11.6 Å². The molecule has 0 aliphatic carbocycles. The van der Waals surface area contributed by atoms with Crippen molar-refractivity contribution < 1.29 is 27.8 Å². The Bertz CT molecular complexity index is 1330. The molecule has 0 spiro atoms. The Balaban J connectivity index is 1.48. The van der Waals surface area contributed by atoms with Crippen LogP contribution in [0.3, 0.4) is 0 Å². The van der Waals surface area contributed by atoms with Crippen molar-refractivity contribution in [3.8, 4) is 16.9 Å². The Kier molecular flexibility index (Phi) is 6.46. The van der Waals surface area contributed by atoms with E-state index in [1.165, 1.54) is 12.1 Å². The lowest BCUT2D eigenvalue weighted by Crippen LogP contribution is -2.34. The lowest BCUT2D eigenvalue weighted by Gasteiger charge is -2.17. The van der Waals surface area contributed by atoms with Gasteiger partial charge >= 0.3 is 5.63 Å². The third-order valence-corrected chi connectivity index (χ3v) is 4.97. The van der Waals surface area contributed by atoms with Gasteiger partial charge in [0.15, 0.2) is 6.61 Å². The van der Waals surface area contributed by atoms with Crippen molar-refractivity contribution in [3.05, 3.63) is 100 Å². The standard InChI is InChI=1S/C25H19F2NO5/c26-18-8-17(9-19(27)11-18)21-10-16-6-7-20(12-23(16)33-25(21)31)32-14-24(30)28-22(13-29)15-4-2-1-3-5-15/h1-12,22,29H,13-14H2,(H,28,30)/t22-/m0/s1. The predicted molar refractivity (Wildman–Crippen MR) is 118 cm³/mol. The second-order valence-corrected chi connectivity index (χ2v) is 7.31. The summed E-state index contributed by atoms with van der Waals surface area (Å²) >= 11 is 0. The summed E-state index contributed by atoms with van der Waals surface area (Å²) in [5, 5.41) is 12.7. The van der Waals surface area contributed by atoms with E-state index in [4.69, 9.17) is 9.15 Å². The summed E-state index contributed by atoms with van der Waals surface area (Å²) in [4.78, 5) is 24.6. The first kappa shape index (κ1) is 22.2. The first-order chi connectivity index (χ1) is 15.9. The normalized spacial score (nSPS) is 11.8. The fourth-order valence-electron chi connectivity index (χ4n) is 3.40. The van der Waals surface area contributed by atoms with Crippen LogP contribution >= 0.6 is 0 Å². The predicted octanol–water partition coefficient (Wildman–Crippen LogP) is 3.97. The van der Waals surface area contributed by atoms with Crippen LogP contribution in [0.15, 0.2) is 82.0 Å². The largest absolute Gasteiger partial charge is 0.484 e. The average Bonchev–Trinajstić information content (AvgIpc) is 2.80. The van der Waals surface area contributed by atoms with Gasteiger partial charge in [-0.25, -0.2) is 13.6 Å². The van der Waals surface area contributed by atoms with Crippen LogP contribution in [0.5, 0.6) is 5.75 Å². The van der Waals surface area contributed by atoms with E-state index in [2.05, 4.69) is 5.32 Å². The van der Waals surface area contributed by atoms with Gasteiger partial charge in [0, 0.05) is 17.5 Å². The Morgan fingerprint density at radius 2 is 1.73 bits per heavy atom. The first-order valence-electron chi connectivity index (χ1n) is 10.1. The van der Waals surface area contributed by atoms with E-state index < -0.39 is 29.2 Å². The number of ether oxygens (including phenoxy) is 1. The zero-order chi connectivity index (χ0) is 23.4. The van der Waals surface area contributed by atoms with E-state index in [1.54, 1.807) is 36.4 Å². The highest BCUT2D eigenvalue weighted by molar-refractivity contribution is 5.83. The number of aliphatic hydroxyl groups excluding tert-OH is 1. The minimum atomic E-state index is -0.803. The van der Waals surface area contributed by atoms with E-state index in [0.717, 1.165) is 17.7 Å². The molecular weight excluding hydrogens is 432 g/mol. The van der Waals surface area contributed by atoms with Crippen LogP contribution in [0.2, 0.25) is 0 Å². The van der Waals surface area contributed by atoms with Gasteiger partial charge in [0.25, 0.3) is 5.91 Å². The van der Waals surface area contributed by atoms with E-state index in [0.29, 0.717) is 11.5 Å². The van der Waals surface area contributed by atoms with Gasteiger partial charge in [-0.3, -0.25) is 4.79 Å². The molecule has 0 fully saturated rings. The number of amides is 1. The molecule has 1 atom stereocenters. The van der Waals surface area contributed by atoms with Crippen molar-refractivity contribution in [3.63, 3.8) is 0 Å². The second kappa shape index (κ2) is 9.62. The molecule has 33 heavy (non-hydrogen) atoms. The molecule has 4 aromatic rings. The molecular formula is C25H19F2NO5. The van der Waals surface area contributed by atoms with E-state index in [1.807, 2.05) is 6.07 Å². The topological polar surface area (TPSA) is 88.8 Å². The van der Waals surface area contributed by atoms with Gasteiger partial charge in [-0.1, -0.05) is 30.3 Å². The molecule has 0 aliphatic rings. The molecule has 4 rings (SSSR count). The molecule has 3 aromatic carbocycles. The highest BCUT2D eigenvalue weighted by Gasteiger charge is 2.15. The van der Waals surface area contributed by atoms with Gasteiger partial charge in [-0.15, -0.1) is 0 Å². The van der Waals surface area contributed by atoms with Crippen LogP contribution in [0, 0.1) is 11.6 Å². The molecule has 8 heteroatoms. The summed E-state index contributed by atoms with van der Waals surface area (Å²) in [7, 11) is 0. The number of carbonyl (C=O) groups excluding carboxylic acids is 1. The van der Waals surface area contributed by atoms with Crippen LogP contribution < -0.4 is 15.7 Å². The third-order valence-electron chi connectivity index (χ3n) is 4.97. The van der Waals surface area contributed by atoms with Crippen molar-refractivity contribution in [2.24, 2.45) is 0 Å². The quantitative estimate of drug-likeness (QED) is 0.415. The number of aliphatic hydroxyl groups is 1. The molecule has 0 radical (unpaired) electrons. The molecule has 0 aliphatic heterocycles. The number of benzene rings is 3. The van der Waals surface area contributed by atoms with E-state index in [-0.39, 0.29) is 35.7 Å². The number of nitrogens with one attached hydrogen (secondary N) is 1. The maximum absolute atomic E-state index is 13.5. The van der Waals surface area contributed by atoms with Gasteiger partial charge < -0.3 is 19.6 Å². The highest BCUT2D eigenvalue weighted by atomic mass is 19.1. The fourth-order valence-corrected chi connectivity index (χ4v) is 3.40. The number of hydrogen-bond acceptors (Lipinski definition) is 5. The molecule has 1 heterocycles. The summed E-state index contributed by atoms with van der Waals surface area (Å²) in [6, 6.07) is 17.4. The number of halogens is 2. The lowest BCUT2D eigenvalue weighted by molar-refractivity contribution is -0.124. The zero-order valence-corrected chi connectivity index (χ0v) is 17.3. The number of carbonyl (C=O) groups is 1. The fraction of sp³-hybridized carbons (Fsp3) is 0.120. The van der Waals surface area contributed by atoms with E-state index in [9.17, 15) is 23.5 Å². The Labute approximate surface area is 187 Å². The number of rotatable bonds is 7. The molecule has 1 aromatic heterocycles. The van der Waals surface area contributed by atoms with Gasteiger partial charge in [-0.2, -0.15) is 0 Å². The number of fused-ring (bicyclic) bond motifs is 1. The van der Waals surface area contributed by atoms with Gasteiger partial charge in [0.1, 0.15) is 23.0 Å². The summed E-state index contributed by atoms with van der Waals surface area (Å²) in [6.45, 7) is -0.589. The molecule has 0 bridgehead atoms. The average molecular weight is 451 g/mol. The Morgan fingerprint density at radius 3 is 2.42 bits per heavy atom. The molecule has 6 nitrogen and oxygen atoms in total.